The quantitative estimate of drug-likeness (QED) is 0.619. The van der Waals surface area contributed by atoms with Crippen molar-refractivity contribution in [3.63, 3.8) is 0 Å². The fraction of sp³-hybridized carbons (Fsp3) is 0.800. The van der Waals surface area contributed by atoms with Gasteiger partial charge in [-0.25, -0.2) is 0 Å². The molecule has 0 amide bonds. The molecule has 76 valence electrons. The first-order chi connectivity index (χ1) is 6.24. The second kappa shape index (κ2) is 5.37. The van der Waals surface area contributed by atoms with Crippen molar-refractivity contribution in [1.82, 2.24) is 5.32 Å². The van der Waals surface area contributed by atoms with Crippen LogP contribution in [-0.4, -0.2) is 36.5 Å². The van der Waals surface area contributed by atoms with Crippen molar-refractivity contribution in [2.75, 3.05) is 13.2 Å². The van der Waals surface area contributed by atoms with E-state index >= 15 is 0 Å². The van der Waals surface area contributed by atoms with E-state index in [1.807, 2.05) is 6.08 Å². The number of nitrogens with one attached hydrogen (secondary N) is 1. The topological polar surface area (TPSA) is 41.5 Å². The molecule has 3 atom stereocenters. The lowest BCUT2D eigenvalue weighted by Gasteiger charge is -2.20. The second-order valence-corrected chi connectivity index (χ2v) is 3.65. The summed E-state index contributed by atoms with van der Waals surface area (Å²) >= 11 is 0. The molecule has 3 nitrogen and oxygen atoms in total. The van der Waals surface area contributed by atoms with Crippen molar-refractivity contribution >= 4 is 0 Å². The van der Waals surface area contributed by atoms with Crippen LogP contribution in [0.4, 0.5) is 0 Å². The standard InChI is InChI=1S/C10H19NO2/c1-3-4-5-8(2)11-9-6-13-7-10(9)12/h3,8-12H,1,4-7H2,2H3. The Morgan fingerprint density at radius 3 is 3.00 bits per heavy atom. The third-order valence-electron chi connectivity index (χ3n) is 2.35. The van der Waals surface area contributed by atoms with E-state index in [-0.39, 0.29) is 12.1 Å². The van der Waals surface area contributed by atoms with Gasteiger partial charge < -0.3 is 15.2 Å². The van der Waals surface area contributed by atoms with Gasteiger partial charge >= 0.3 is 0 Å². The number of ether oxygens (including phenoxy) is 1. The van der Waals surface area contributed by atoms with Crippen LogP contribution >= 0.6 is 0 Å². The van der Waals surface area contributed by atoms with Gasteiger partial charge in [0.1, 0.15) is 0 Å². The molecule has 1 rings (SSSR count). The highest BCUT2D eigenvalue weighted by molar-refractivity contribution is 4.83. The number of rotatable bonds is 5. The molecule has 3 unspecified atom stereocenters. The molecule has 13 heavy (non-hydrogen) atoms. The summed E-state index contributed by atoms with van der Waals surface area (Å²) < 4.78 is 5.14. The van der Waals surface area contributed by atoms with Gasteiger partial charge in [-0.3, -0.25) is 0 Å². The van der Waals surface area contributed by atoms with Crippen LogP contribution in [0.1, 0.15) is 19.8 Å². The number of hydrogen-bond acceptors (Lipinski definition) is 3. The van der Waals surface area contributed by atoms with Gasteiger partial charge in [-0.1, -0.05) is 6.08 Å². The Morgan fingerprint density at radius 1 is 1.69 bits per heavy atom. The van der Waals surface area contributed by atoms with Crippen molar-refractivity contribution < 1.29 is 9.84 Å². The summed E-state index contributed by atoms with van der Waals surface area (Å²) in [6.45, 7) is 6.89. The second-order valence-electron chi connectivity index (χ2n) is 3.65. The van der Waals surface area contributed by atoms with E-state index in [0.29, 0.717) is 19.3 Å². The third-order valence-corrected chi connectivity index (χ3v) is 2.35. The largest absolute Gasteiger partial charge is 0.389 e. The fourth-order valence-electron chi connectivity index (χ4n) is 1.52. The molecule has 0 saturated carbocycles. The van der Waals surface area contributed by atoms with Gasteiger partial charge in [-0.15, -0.1) is 6.58 Å². The monoisotopic (exact) mass is 185 g/mol. The predicted molar refractivity (Wildman–Crippen MR) is 52.6 cm³/mol. The summed E-state index contributed by atoms with van der Waals surface area (Å²) in [6, 6.07) is 0.527. The van der Waals surface area contributed by atoms with Crippen LogP contribution in [-0.2, 0) is 4.74 Å². The molecule has 0 radical (unpaired) electrons. The molecule has 0 spiro atoms. The molecule has 0 aromatic heterocycles. The molecule has 1 saturated heterocycles. The maximum Gasteiger partial charge on any atom is 0.0948 e. The molecule has 0 aromatic carbocycles. The minimum Gasteiger partial charge on any atom is -0.389 e. The van der Waals surface area contributed by atoms with Crippen LogP contribution in [0.5, 0.6) is 0 Å². The predicted octanol–water partition coefficient (Wildman–Crippen LogP) is 0.690. The molecule has 1 aliphatic heterocycles. The van der Waals surface area contributed by atoms with Crippen LogP contribution in [0.2, 0.25) is 0 Å². The highest BCUT2D eigenvalue weighted by atomic mass is 16.5. The Morgan fingerprint density at radius 2 is 2.46 bits per heavy atom. The van der Waals surface area contributed by atoms with E-state index in [2.05, 4.69) is 18.8 Å². The zero-order chi connectivity index (χ0) is 9.68. The van der Waals surface area contributed by atoms with E-state index < -0.39 is 0 Å². The SMILES string of the molecule is C=CCCC(C)NC1COCC1O. The van der Waals surface area contributed by atoms with E-state index in [1.54, 1.807) is 0 Å². The van der Waals surface area contributed by atoms with Gasteiger partial charge in [0.2, 0.25) is 0 Å². The first-order valence-corrected chi connectivity index (χ1v) is 4.86. The van der Waals surface area contributed by atoms with Gasteiger partial charge in [0, 0.05) is 6.04 Å². The van der Waals surface area contributed by atoms with Gasteiger partial charge in [0.15, 0.2) is 0 Å². The highest BCUT2D eigenvalue weighted by Crippen LogP contribution is 2.07. The summed E-state index contributed by atoms with van der Waals surface area (Å²) in [4.78, 5) is 0. The Balaban J connectivity index is 2.18. The molecule has 2 N–H and O–H groups in total. The zero-order valence-electron chi connectivity index (χ0n) is 8.20. The third kappa shape index (κ3) is 3.46. The maximum absolute atomic E-state index is 9.46. The van der Waals surface area contributed by atoms with Gasteiger partial charge in [0.25, 0.3) is 0 Å². The maximum atomic E-state index is 9.46. The van der Waals surface area contributed by atoms with Gasteiger partial charge in [-0.2, -0.15) is 0 Å². The van der Waals surface area contributed by atoms with Gasteiger partial charge in [-0.05, 0) is 19.8 Å². The minimum atomic E-state index is -0.341. The normalized spacial score (nSPS) is 30.3. The lowest BCUT2D eigenvalue weighted by Crippen LogP contribution is -2.43. The molecule has 0 bridgehead atoms. The van der Waals surface area contributed by atoms with Crippen molar-refractivity contribution in [3.8, 4) is 0 Å². The first kappa shape index (κ1) is 10.7. The molecule has 1 heterocycles. The number of hydrogen-bond donors (Lipinski definition) is 2. The Labute approximate surface area is 79.8 Å². The van der Waals surface area contributed by atoms with Crippen molar-refractivity contribution in [2.24, 2.45) is 0 Å². The average molecular weight is 185 g/mol. The van der Waals surface area contributed by atoms with Crippen LogP contribution in [0, 0.1) is 0 Å². The van der Waals surface area contributed by atoms with Crippen molar-refractivity contribution in [3.05, 3.63) is 12.7 Å². The van der Waals surface area contributed by atoms with E-state index in [9.17, 15) is 5.11 Å². The molecule has 3 heteroatoms. The molecular formula is C10H19NO2. The lowest BCUT2D eigenvalue weighted by molar-refractivity contribution is 0.121. The summed E-state index contributed by atoms with van der Waals surface area (Å²) in [5.41, 5.74) is 0. The van der Waals surface area contributed by atoms with E-state index in [4.69, 9.17) is 4.74 Å². The Bertz CT molecular complexity index is 161. The van der Waals surface area contributed by atoms with Crippen LogP contribution in [0.3, 0.4) is 0 Å². The van der Waals surface area contributed by atoms with Gasteiger partial charge in [0.05, 0.1) is 25.4 Å². The Hall–Kier alpha value is -0.380. The summed E-state index contributed by atoms with van der Waals surface area (Å²) in [5, 5.41) is 12.8. The molecular weight excluding hydrogens is 166 g/mol. The van der Waals surface area contributed by atoms with Crippen LogP contribution < -0.4 is 5.32 Å². The summed E-state index contributed by atoms with van der Waals surface area (Å²) in [6.07, 6.45) is 3.65. The smallest absolute Gasteiger partial charge is 0.0948 e. The average Bonchev–Trinajstić information content (AvgIpc) is 2.48. The summed E-state index contributed by atoms with van der Waals surface area (Å²) in [5.74, 6) is 0. The highest BCUT2D eigenvalue weighted by Gasteiger charge is 2.26. The first-order valence-electron chi connectivity index (χ1n) is 4.86. The molecule has 1 aliphatic rings. The molecule has 1 fully saturated rings. The Kier molecular flexibility index (Phi) is 4.42. The molecule has 0 aromatic rings. The number of aliphatic hydroxyl groups is 1. The van der Waals surface area contributed by atoms with Crippen LogP contribution in [0.15, 0.2) is 12.7 Å². The van der Waals surface area contributed by atoms with Crippen LogP contribution in [0.25, 0.3) is 0 Å². The van der Waals surface area contributed by atoms with E-state index in [1.165, 1.54) is 0 Å². The molecule has 0 aliphatic carbocycles. The number of allylic oxidation sites excluding steroid dienone is 1. The van der Waals surface area contributed by atoms with Crippen molar-refractivity contribution in [1.29, 1.82) is 0 Å². The minimum absolute atomic E-state index is 0.111. The lowest BCUT2D eigenvalue weighted by atomic mass is 10.1. The number of aliphatic hydroxyl groups excluding tert-OH is 1. The summed E-state index contributed by atoms with van der Waals surface area (Å²) in [7, 11) is 0. The zero-order valence-corrected chi connectivity index (χ0v) is 8.20. The fourth-order valence-corrected chi connectivity index (χ4v) is 1.52. The van der Waals surface area contributed by atoms with Crippen molar-refractivity contribution in [2.45, 2.75) is 38.0 Å². The van der Waals surface area contributed by atoms with E-state index in [0.717, 1.165) is 12.8 Å².